The van der Waals surface area contributed by atoms with E-state index in [4.69, 9.17) is 10.5 Å². The van der Waals surface area contributed by atoms with Crippen molar-refractivity contribution in [2.45, 2.75) is 67.5 Å². The predicted octanol–water partition coefficient (Wildman–Crippen LogP) is 4.49. The standard InChI is InChI=1S/C33H39F3N4O4S/c1-22-20-38-21-26(40(22)45(42,43)27-8-3-2-4-9-27)7-5-10-28-29(36)11-6-12-30(28)39-32(41)31(37)33(13-15-44-16-14-33)23-17-24(34)19-25(35)18-23/h2-4,6,8-9,11-12,17-19,22,26,31,38H,5,7,10,13-16,20-21,37H2,1H3,(H,39,41). The van der Waals surface area contributed by atoms with Gasteiger partial charge in [-0.15, -0.1) is 0 Å². The summed E-state index contributed by atoms with van der Waals surface area (Å²) in [5.41, 5.74) is 6.23. The molecule has 0 radical (unpaired) electrons. The third-order valence-electron chi connectivity index (χ3n) is 8.97. The number of anilines is 1. The van der Waals surface area contributed by atoms with E-state index in [9.17, 15) is 22.0 Å². The molecule has 2 saturated heterocycles. The lowest BCUT2D eigenvalue weighted by Gasteiger charge is -2.41. The van der Waals surface area contributed by atoms with Crippen LogP contribution in [0.15, 0.2) is 71.6 Å². The van der Waals surface area contributed by atoms with E-state index in [2.05, 4.69) is 10.6 Å². The van der Waals surface area contributed by atoms with Gasteiger partial charge in [0.05, 0.1) is 10.9 Å². The molecule has 8 nitrogen and oxygen atoms in total. The first-order valence-corrected chi connectivity index (χ1v) is 16.6. The summed E-state index contributed by atoms with van der Waals surface area (Å²) in [6.07, 6.45) is 1.68. The molecule has 0 aliphatic carbocycles. The lowest BCUT2D eigenvalue weighted by molar-refractivity contribution is -0.120. The van der Waals surface area contributed by atoms with Crippen LogP contribution >= 0.6 is 0 Å². The van der Waals surface area contributed by atoms with Crippen molar-refractivity contribution in [1.29, 1.82) is 0 Å². The van der Waals surface area contributed by atoms with Gasteiger partial charge in [0.25, 0.3) is 0 Å². The molecule has 3 aromatic rings. The highest BCUT2D eigenvalue weighted by molar-refractivity contribution is 7.89. The molecule has 3 aromatic carbocycles. The minimum atomic E-state index is -3.75. The number of rotatable bonds is 10. The maximum atomic E-state index is 15.2. The summed E-state index contributed by atoms with van der Waals surface area (Å²) < 4.78 is 77.8. The number of nitrogens with two attached hydrogens (primary N) is 1. The van der Waals surface area contributed by atoms with Crippen LogP contribution in [0.5, 0.6) is 0 Å². The second kappa shape index (κ2) is 14.0. The second-order valence-electron chi connectivity index (χ2n) is 11.9. The van der Waals surface area contributed by atoms with Crippen LogP contribution in [0.1, 0.15) is 43.7 Å². The van der Waals surface area contributed by atoms with E-state index in [0.717, 1.165) is 6.07 Å². The van der Waals surface area contributed by atoms with Gasteiger partial charge in [-0.05, 0) is 81.0 Å². The van der Waals surface area contributed by atoms with Crippen molar-refractivity contribution >= 4 is 21.6 Å². The molecule has 2 aliphatic rings. The van der Waals surface area contributed by atoms with Gasteiger partial charge in [-0.3, -0.25) is 4.79 Å². The van der Waals surface area contributed by atoms with E-state index in [-0.39, 0.29) is 66.3 Å². The molecule has 3 unspecified atom stereocenters. The Morgan fingerprint density at radius 1 is 1.04 bits per heavy atom. The Balaban J connectivity index is 1.32. The van der Waals surface area contributed by atoms with Crippen LogP contribution < -0.4 is 16.4 Å². The summed E-state index contributed by atoms with van der Waals surface area (Å²) in [6.45, 7) is 3.35. The monoisotopic (exact) mass is 644 g/mol. The van der Waals surface area contributed by atoms with Gasteiger partial charge in [0.15, 0.2) is 0 Å². The van der Waals surface area contributed by atoms with Crippen LogP contribution in [0.2, 0.25) is 0 Å². The van der Waals surface area contributed by atoms with Crippen LogP contribution in [-0.4, -0.2) is 63.1 Å². The molecular formula is C33H39F3N4O4S. The first-order valence-electron chi connectivity index (χ1n) is 15.2. The fourth-order valence-corrected chi connectivity index (χ4v) is 8.50. The molecule has 2 aliphatic heterocycles. The minimum Gasteiger partial charge on any atom is -0.381 e. The smallest absolute Gasteiger partial charge is 0.243 e. The van der Waals surface area contributed by atoms with Crippen LogP contribution in [-0.2, 0) is 31.4 Å². The lowest BCUT2D eigenvalue weighted by Crippen LogP contribution is -2.58. The Morgan fingerprint density at radius 2 is 1.73 bits per heavy atom. The van der Waals surface area contributed by atoms with Gasteiger partial charge in [0.2, 0.25) is 15.9 Å². The number of nitrogens with zero attached hydrogens (tertiary/aromatic N) is 1. The number of halogens is 3. The molecule has 1 amide bonds. The topological polar surface area (TPSA) is 114 Å². The van der Waals surface area contributed by atoms with Gasteiger partial charge in [-0.25, -0.2) is 21.6 Å². The van der Waals surface area contributed by atoms with Gasteiger partial charge in [-0.1, -0.05) is 24.3 Å². The average molecular weight is 645 g/mol. The molecular weight excluding hydrogens is 605 g/mol. The number of nitrogens with one attached hydrogen (secondary N) is 2. The molecule has 0 bridgehead atoms. The van der Waals surface area contributed by atoms with Crippen molar-refractivity contribution in [3.63, 3.8) is 0 Å². The molecule has 0 aromatic heterocycles. The summed E-state index contributed by atoms with van der Waals surface area (Å²) in [7, 11) is -3.75. The van der Waals surface area contributed by atoms with Gasteiger partial charge in [0.1, 0.15) is 17.5 Å². The molecule has 4 N–H and O–H groups in total. The average Bonchev–Trinajstić information content (AvgIpc) is 3.02. The highest BCUT2D eigenvalue weighted by atomic mass is 32.2. The summed E-state index contributed by atoms with van der Waals surface area (Å²) >= 11 is 0. The Morgan fingerprint density at radius 3 is 2.42 bits per heavy atom. The minimum absolute atomic E-state index is 0.225. The van der Waals surface area contributed by atoms with Crippen LogP contribution in [0.25, 0.3) is 0 Å². The molecule has 2 heterocycles. The molecule has 5 rings (SSSR count). The van der Waals surface area contributed by atoms with E-state index in [0.29, 0.717) is 25.9 Å². The summed E-state index contributed by atoms with van der Waals surface area (Å²) in [4.78, 5) is 13.8. The van der Waals surface area contributed by atoms with Crippen molar-refractivity contribution < 1.29 is 31.1 Å². The molecule has 0 spiro atoms. The SMILES string of the molecule is CC1CNCC(CCCc2c(F)cccc2NC(=O)C(N)C2(c3cc(F)cc(F)c3)CCOCC2)N1S(=O)(=O)c1ccccc1. The number of ether oxygens (including phenoxy) is 1. The van der Waals surface area contributed by atoms with Gasteiger partial charge < -0.3 is 21.1 Å². The number of hydrogen-bond acceptors (Lipinski definition) is 6. The zero-order valence-corrected chi connectivity index (χ0v) is 26.0. The van der Waals surface area contributed by atoms with Crippen LogP contribution in [0, 0.1) is 17.5 Å². The molecule has 12 heteroatoms. The Hall–Kier alpha value is -3.29. The van der Waals surface area contributed by atoms with Crippen molar-refractivity contribution in [3.8, 4) is 0 Å². The predicted molar refractivity (Wildman–Crippen MR) is 166 cm³/mol. The Kier molecular flexibility index (Phi) is 10.3. The van der Waals surface area contributed by atoms with Crippen molar-refractivity contribution in [3.05, 3.63) is 95.3 Å². The molecule has 0 saturated carbocycles. The summed E-state index contributed by atoms with van der Waals surface area (Å²) in [6, 6.07) is 14.0. The maximum Gasteiger partial charge on any atom is 0.243 e. The third-order valence-corrected chi connectivity index (χ3v) is 11.1. The highest BCUT2D eigenvalue weighted by Gasteiger charge is 2.44. The molecule has 3 atom stereocenters. The first-order chi connectivity index (χ1) is 21.5. The summed E-state index contributed by atoms with van der Waals surface area (Å²) in [5.74, 6) is -2.67. The Labute approximate surface area is 262 Å². The third kappa shape index (κ3) is 7.10. The van der Waals surface area contributed by atoms with Gasteiger partial charge in [-0.2, -0.15) is 4.31 Å². The molecule has 242 valence electrons. The quantitative estimate of drug-likeness (QED) is 0.300. The number of hydrogen-bond donors (Lipinski definition) is 3. The van der Waals surface area contributed by atoms with E-state index >= 15 is 4.39 Å². The second-order valence-corrected chi connectivity index (χ2v) is 13.7. The molecule has 45 heavy (non-hydrogen) atoms. The number of piperazine rings is 1. The first kappa shape index (κ1) is 33.1. The van der Waals surface area contributed by atoms with E-state index in [1.54, 1.807) is 40.7 Å². The summed E-state index contributed by atoms with van der Waals surface area (Å²) in [5, 5.41) is 6.07. The number of carbonyl (C=O) groups is 1. The van der Waals surface area contributed by atoms with E-state index in [1.807, 2.05) is 6.92 Å². The number of benzene rings is 3. The maximum absolute atomic E-state index is 15.2. The fourth-order valence-electron chi connectivity index (χ4n) is 6.64. The highest BCUT2D eigenvalue weighted by Crippen LogP contribution is 2.39. The normalized spacial score (nSPS) is 21.3. The number of amides is 1. The van der Waals surface area contributed by atoms with Crippen molar-refractivity contribution in [2.24, 2.45) is 5.73 Å². The zero-order chi connectivity index (χ0) is 32.2. The van der Waals surface area contributed by atoms with E-state index < -0.39 is 44.8 Å². The largest absolute Gasteiger partial charge is 0.381 e. The van der Waals surface area contributed by atoms with Gasteiger partial charge in [0, 0.05) is 61.1 Å². The molecule has 2 fully saturated rings. The number of carbonyl (C=O) groups excluding carboxylic acids is 1. The van der Waals surface area contributed by atoms with Crippen molar-refractivity contribution in [2.75, 3.05) is 31.6 Å². The van der Waals surface area contributed by atoms with Crippen LogP contribution in [0.3, 0.4) is 0 Å². The van der Waals surface area contributed by atoms with Crippen molar-refractivity contribution in [1.82, 2.24) is 9.62 Å². The van der Waals surface area contributed by atoms with E-state index in [1.165, 1.54) is 24.3 Å². The number of sulfonamides is 1. The Bertz CT molecular complexity index is 1580. The lowest BCUT2D eigenvalue weighted by atomic mass is 9.68. The van der Waals surface area contributed by atoms with Crippen LogP contribution in [0.4, 0.5) is 18.9 Å². The fraction of sp³-hybridized carbons (Fsp3) is 0.424. The zero-order valence-electron chi connectivity index (χ0n) is 25.1. The van der Waals surface area contributed by atoms with Gasteiger partial charge >= 0.3 is 0 Å².